The number of benzene rings is 1. The zero-order valence-electron chi connectivity index (χ0n) is 11.1. The molecule has 0 atom stereocenters. The van der Waals surface area contributed by atoms with Gasteiger partial charge in [0.15, 0.2) is 5.65 Å². The summed E-state index contributed by atoms with van der Waals surface area (Å²) in [6, 6.07) is 10.9. The molecule has 2 aromatic heterocycles. The largest absolute Gasteiger partial charge is 0.308 e. The molecule has 2 heterocycles. The Labute approximate surface area is 131 Å². The van der Waals surface area contributed by atoms with Crippen LogP contribution in [0.15, 0.2) is 30.3 Å². The summed E-state index contributed by atoms with van der Waals surface area (Å²) >= 11 is 12.1. The van der Waals surface area contributed by atoms with Gasteiger partial charge in [-0.1, -0.05) is 29.3 Å². The highest BCUT2D eigenvalue weighted by Crippen LogP contribution is 2.24. The van der Waals surface area contributed by atoms with E-state index in [1.165, 1.54) is 0 Å². The number of aromatic nitrogens is 3. The number of nitriles is 1. The number of rotatable bonds is 2. The van der Waals surface area contributed by atoms with Crippen LogP contribution in [0.1, 0.15) is 17.1 Å². The summed E-state index contributed by atoms with van der Waals surface area (Å²) in [5, 5.41) is 10.2. The van der Waals surface area contributed by atoms with Gasteiger partial charge in [0.2, 0.25) is 0 Å². The zero-order chi connectivity index (χ0) is 15.0. The van der Waals surface area contributed by atoms with Gasteiger partial charge in [0.25, 0.3) is 0 Å². The molecule has 0 aliphatic carbocycles. The van der Waals surface area contributed by atoms with E-state index in [1.807, 2.05) is 23.6 Å². The lowest BCUT2D eigenvalue weighted by atomic mass is 10.2. The fourth-order valence-corrected chi connectivity index (χ4v) is 2.65. The molecule has 0 radical (unpaired) electrons. The first-order valence-corrected chi connectivity index (χ1v) is 7.02. The summed E-state index contributed by atoms with van der Waals surface area (Å²) in [6.45, 7) is 2.43. The van der Waals surface area contributed by atoms with Crippen molar-refractivity contribution in [1.29, 1.82) is 5.26 Å². The molecule has 0 spiro atoms. The van der Waals surface area contributed by atoms with E-state index in [9.17, 15) is 0 Å². The summed E-state index contributed by atoms with van der Waals surface area (Å²) in [5.74, 6) is 0.818. The minimum absolute atomic E-state index is 0.367. The number of nitrogens with zero attached hydrogens (tertiary/aromatic N) is 4. The van der Waals surface area contributed by atoms with Gasteiger partial charge in [-0.3, -0.25) is 0 Å². The van der Waals surface area contributed by atoms with Gasteiger partial charge in [0.05, 0.1) is 6.54 Å². The molecule has 4 nitrogen and oxygen atoms in total. The normalized spacial score (nSPS) is 10.8. The maximum atomic E-state index is 8.98. The molecule has 21 heavy (non-hydrogen) atoms. The van der Waals surface area contributed by atoms with Gasteiger partial charge >= 0.3 is 0 Å². The van der Waals surface area contributed by atoms with Gasteiger partial charge < -0.3 is 4.57 Å². The van der Waals surface area contributed by atoms with Crippen molar-refractivity contribution in [3.63, 3.8) is 0 Å². The first-order valence-electron chi connectivity index (χ1n) is 6.26. The van der Waals surface area contributed by atoms with Crippen LogP contribution in [0.25, 0.3) is 11.2 Å². The predicted octanol–water partition coefficient (Wildman–Crippen LogP) is 3.97. The van der Waals surface area contributed by atoms with Crippen molar-refractivity contribution in [3.8, 4) is 6.07 Å². The highest BCUT2D eigenvalue weighted by atomic mass is 35.5. The number of imidazole rings is 1. The highest BCUT2D eigenvalue weighted by molar-refractivity contribution is 6.35. The van der Waals surface area contributed by atoms with Gasteiger partial charge in [0, 0.05) is 10.0 Å². The lowest BCUT2D eigenvalue weighted by molar-refractivity contribution is 0.777. The number of hydrogen-bond donors (Lipinski definition) is 0. The van der Waals surface area contributed by atoms with Crippen molar-refractivity contribution in [2.45, 2.75) is 13.5 Å². The Kier molecular flexibility index (Phi) is 3.54. The zero-order valence-corrected chi connectivity index (χ0v) is 12.7. The minimum atomic E-state index is 0.367. The van der Waals surface area contributed by atoms with Crippen LogP contribution in [0, 0.1) is 18.3 Å². The first kappa shape index (κ1) is 13.9. The average Bonchev–Trinajstić information content (AvgIpc) is 2.77. The standard InChI is InChI=1S/C15H10Cl2N4/c1-9-19-14-5-4-12(7-18)20-15(14)21(9)8-10-2-3-11(16)6-13(10)17/h2-6H,8H2,1H3. The van der Waals surface area contributed by atoms with Gasteiger partial charge in [-0.25, -0.2) is 9.97 Å². The average molecular weight is 317 g/mol. The molecule has 0 aliphatic heterocycles. The van der Waals surface area contributed by atoms with Gasteiger partial charge in [0.1, 0.15) is 23.1 Å². The van der Waals surface area contributed by atoms with E-state index in [0.717, 1.165) is 16.9 Å². The van der Waals surface area contributed by atoms with Crippen LogP contribution in [-0.2, 0) is 6.54 Å². The van der Waals surface area contributed by atoms with E-state index in [1.54, 1.807) is 24.3 Å². The number of fused-ring (bicyclic) bond motifs is 1. The second-order valence-electron chi connectivity index (χ2n) is 4.63. The molecule has 0 N–H and O–H groups in total. The summed E-state index contributed by atoms with van der Waals surface area (Å²) in [4.78, 5) is 8.78. The maximum Gasteiger partial charge on any atom is 0.161 e. The second-order valence-corrected chi connectivity index (χ2v) is 5.48. The molecule has 3 aromatic rings. The van der Waals surface area contributed by atoms with Crippen molar-refractivity contribution in [3.05, 3.63) is 57.5 Å². The quantitative estimate of drug-likeness (QED) is 0.719. The molecular weight excluding hydrogens is 307 g/mol. The number of aryl methyl sites for hydroxylation is 1. The molecule has 0 aliphatic rings. The maximum absolute atomic E-state index is 8.98. The van der Waals surface area contributed by atoms with Crippen molar-refractivity contribution >= 4 is 34.4 Å². The van der Waals surface area contributed by atoms with E-state index < -0.39 is 0 Å². The molecule has 0 saturated carbocycles. The van der Waals surface area contributed by atoms with Crippen LogP contribution < -0.4 is 0 Å². The van der Waals surface area contributed by atoms with Crippen LogP contribution in [-0.4, -0.2) is 14.5 Å². The van der Waals surface area contributed by atoms with E-state index in [0.29, 0.717) is 27.9 Å². The smallest absolute Gasteiger partial charge is 0.161 e. The van der Waals surface area contributed by atoms with Crippen LogP contribution in [0.2, 0.25) is 10.0 Å². The molecular formula is C15H10Cl2N4. The van der Waals surface area contributed by atoms with E-state index >= 15 is 0 Å². The van der Waals surface area contributed by atoms with Crippen LogP contribution in [0.5, 0.6) is 0 Å². The molecule has 0 unspecified atom stereocenters. The third-order valence-corrected chi connectivity index (χ3v) is 3.83. The van der Waals surface area contributed by atoms with Gasteiger partial charge in [-0.05, 0) is 36.8 Å². The Morgan fingerprint density at radius 2 is 2.00 bits per heavy atom. The number of pyridine rings is 1. The fraction of sp³-hybridized carbons (Fsp3) is 0.133. The van der Waals surface area contributed by atoms with Gasteiger partial charge in [-0.2, -0.15) is 5.26 Å². The molecule has 0 amide bonds. The predicted molar refractivity (Wildman–Crippen MR) is 82.5 cm³/mol. The Hall–Kier alpha value is -2.09. The van der Waals surface area contributed by atoms with E-state index in [4.69, 9.17) is 28.5 Å². The Balaban J connectivity index is 2.11. The lowest BCUT2D eigenvalue weighted by Gasteiger charge is -2.08. The van der Waals surface area contributed by atoms with E-state index in [2.05, 4.69) is 9.97 Å². The number of hydrogen-bond acceptors (Lipinski definition) is 3. The van der Waals surface area contributed by atoms with Crippen LogP contribution in [0.4, 0.5) is 0 Å². The Bertz CT molecular complexity index is 877. The summed E-state index contributed by atoms with van der Waals surface area (Å²) in [6.07, 6.45) is 0. The van der Waals surface area contributed by atoms with Crippen molar-refractivity contribution in [2.75, 3.05) is 0 Å². The SMILES string of the molecule is Cc1nc2ccc(C#N)nc2n1Cc1ccc(Cl)cc1Cl. The van der Waals surface area contributed by atoms with Crippen LogP contribution in [0.3, 0.4) is 0 Å². The topological polar surface area (TPSA) is 54.5 Å². The molecule has 0 bridgehead atoms. The molecule has 0 saturated heterocycles. The van der Waals surface area contributed by atoms with E-state index in [-0.39, 0.29) is 0 Å². The highest BCUT2D eigenvalue weighted by Gasteiger charge is 2.11. The molecule has 3 rings (SSSR count). The lowest BCUT2D eigenvalue weighted by Crippen LogP contribution is -2.04. The summed E-state index contributed by atoms with van der Waals surface area (Å²) in [5.41, 5.74) is 2.73. The number of halogens is 2. The monoisotopic (exact) mass is 316 g/mol. The van der Waals surface area contributed by atoms with Crippen LogP contribution >= 0.6 is 23.2 Å². The fourth-order valence-electron chi connectivity index (χ4n) is 2.19. The van der Waals surface area contributed by atoms with Crippen molar-refractivity contribution in [2.24, 2.45) is 0 Å². The summed E-state index contributed by atoms with van der Waals surface area (Å²) < 4.78 is 1.94. The molecule has 104 valence electrons. The minimum Gasteiger partial charge on any atom is -0.308 e. The third kappa shape index (κ3) is 2.58. The second kappa shape index (κ2) is 5.36. The van der Waals surface area contributed by atoms with Crippen molar-refractivity contribution in [1.82, 2.24) is 14.5 Å². The van der Waals surface area contributed by atoms with Gasteiger partial charge in [-0.15, -0.1) is 0 Å². The first-order chi connectivity index (χ1) is 10.1. The molecule has 1 aromatic carbocycles. The third-order valence-electron chi connectivity index (χ3n) is 3.24. The Morgan fingerprint density at radius 3 is 2.71 bits per heavy atom. The Morgan fingerprint density at radius 1 is 1.19 bits per heavy atom. The molecule has 0 fully saturated rings. The molecule has 6 heteroatoms. The summed E-state index contributed by atoms with van der Waals surface area (Å²) in [7, 11) is 0. The van der Waals surface area contributed by atoms with Crippen molar-refractivity contribution < 1.29 is 0 Å².